The summed E-state index contributed by atoms with van der Waals surface area (Å²) in [5.41, 5.74) is 4.13. The van der Waals surface area contributed by atoms with Crippen molar-refractivity contribution in [2.24, 2.45) is 0 Å². The third-order valence-corrected chi connectivity index (χ3v) is 15.5. The number of anilines is 1. The maximum Gasteiger partial charge on any atom is 0.255 e. The third-order valence-electron chi connectivity index (χ3n) is 15.5. The Morgan fingerprint density at radius 3 is 2.41 bits per heavy atom. The number of piperidine rings is 3. The van der Waals surface area contributed by atoms with E-state index in [0.717, 1.165) is 85.3 Å². The summed E-state index contributed by atoms with van der Waals surface area (Å²) < 4.78 is 42.6. The van der Waals surface area contributed by atoms with E-state index in [-0.39, 0.29) is 42.0 Å². The van der Waals surface area contributed by atoms with Gasteiger partial charge in [-0.05, 0) is 98.5 Å². The highest BCUT2D eigenvalue weighted by molar-refractivity contribution is 6.05. The predicted octanol–water partition coefficient (Wildman–Crippen LogP) is 4.91. The number of fused-ring (bicyclic) bond motifs is 2. The summed E-state index contributed by atoms with van der Waals surface area (Å²) in [5.74, 6) is -1.43. The molecule has 2 aromatic carbocycles. The summed E-state index contributed by atoms with van der Waals surface area (Å²) in [5, 5.41) is 19.7. The van der Waals surface area contributed by atoms with E-state index in [0.29, 0.717) is 107 Å². The largest absolute Gasteiger partial charge is 0.492 e. The lowest BCUT2D eigenvalue weighted by Gasteiger charge is -2.46. The second-order valence-corrected chi connectivity index (χ2v) is 20.2. The highest BCUT2D eigenvalue weighted by Crippen LogP contribution is 2.36. The first kappa shape index (κ1) is 51.2. The van der Waals surface area contributed by atoms with Gasteiger partial charge in [0.05, 0.1) is 60.8 Å². The van der Waals surface area contributed by atoms with E-state index in [1.54, 1.807) is 21.8 Å². The van der Waals surface area contributed by atoms with Gasteiger partial charge in [-0.1, -0.05) is 12.1 Å². The summed E-state index contributed by atoms with van der Waals surface area (Å²) >= 11 is 0. The van der Waals surface area contributed by atoms with E-state index in [1.165, 1.54) is 6.20 Å². The molecule has 5 aromatic rings. The number of hydrogen-bond acceptors (Lipinski definition) is 13. The summed E-state index contributed by atoms with van der Waals surface area (Å²) in [4.78, 5) is 79.5. The number of rotatable bonds is 16. The minimum absolute atomic E-state index is 0.0552. The van der Waals surface area contributed by atoms with Gasteiger partial charge in [0.15, 0.2) is 0 Å². The van der Waals surface area contributed by atoms with Crippen LogP contribution in [-0.4, -0.2) is 161 Å². The number of piperazine rings is 1. The lowest BCUT2D eigenvalue weighted by molar-refractivity contribution is -0.137. The van der Waals surface area contributed by atoms with Gasteiger partial charge in [0, 0.05) is 101 Å². The number of nitrogens with zero attached hydrogens (tertiary/aromatic N) is 9. The van der Waals surface area contributed by atoms with Crippen LogP contribution in [0.3, 0.4) is 0 Å². The number of nitriles is 1. The van der Waals surface area contributed by atoms with E-state index >= 15 is 0 Å². The molecule has 4 fully saturated rings. The van der Waals surface area contributed by atoms with E-state index in [2.05, 4.69) is 42.6 Å². The molecular formula is C55H61F2N11O7. The normalized spacial score (nSPS) is 19.5. The van der Waals surface area contributed by atoms with Crippen LogP contribution in [0.4, 0.5) is 14.6 Å². The number of ether oxygens (including phenoxy) is 2. The number of imide groups is 1. The van der Waals surface area contributed by atoms with Crippen LogP contribution in [0.1, 0.15) is 95.2 Å². The van der Waals surface area contributed by atoms with Crippen LogP contribution in [0.25, 0.3) is 16.6 Å². The van der Waals surface area contributed by atoms with Gasteiger partial charge in [-0.2, -0.15) is 10.4 Å². The molecule has 75 heavy (non-hydrogen) atoms. The monoisotopic (exact) mass is 1030 g/mol. The van der Waals surface area contributed by atoms with Crippen molar-refractivity contribution in [1.29, 1.82) is 5.26 Å². The average molecular weight is 1030 g/mol. The molecule has 1 unspecified atom stereocenters. The topological polar surface area (TPSA) is 198 Å². The lowest BCUT2D eigenvalue weighted by atomic mass is 9.86. The molecule has 4 saturated heterocycles. The van der Waals surface area contributed by atoms with Crippen molar-refractivity contribution in [1.82, 2.24) is 44.8 Å². The van der Waals surface area contributed by atoms with E-state index < -0.39 is 35.0 Å². The fourth-order valence-corrected chi connectivity index (χ4v) is 11.3. The van der Waals surface area contributed by atoms with Crippen LogP contribution >= 0.6 is 0 Å². The van der Waals surface area contributed by atoms with Crippen molar-refractivity contribution in [2.75, 3.05) is 90.2 Å². The molecule has 0 bridgehead atoms. The Morgan fingerprint density at radius 2 is 1.68 bits per heavy atom. The van der Waals surface area contributed by atoms with Crippen LogP contribution in [0.5, 0.6) is 5.75 Å². The van der Waals surface area contributed by atoms with Gasteiger partial charge in [0.2, 0.25) is 17.7 Å². The maximum atomic E-state index is 14.9. The Labute approximate surface area is 433 Å². The molecule has 0 spiro atoms. The molecule has 1 atom stereocenters. The second kappa shape index (κ2) is 22.2. The van der Waals surface area contributed by atoms with Gasteiger partial charge in [0.1, 0.15) is 35.3 Å². The number of hydrogen-bond donors (Lipinski definition) is 2. The van der Waals surface area contributed by atoms with Crippen molar-refractivity contribution < 1.29 is 42.2 Å². The molecule has 0 aliphatic carbocycles. The molecule has 5 aliphatic rings. The summed E-state index contributed by atoms with van der Waals surface area (Å²) in [6, 6.07) is 16.2. The van der Waals surface area contributed by atoms with Gasteiger partial charge in [-0.15, -0.1) is 0 Å². The van der Waals surface area contributed by atoms with Gasteiger partial charge in [0.25, 0.3) is 11.8 Å². The molecule has 10 rings (SSSR count). The van der Waals surface area contributed by atoms with Crippen LogP contribution in [-0.2, 0) is 25.7 Å². The van der Waals surface area contributed by atoms with Crippen LogP contribution in [0.15, 0.2) is 73.2 Å². The number of benzene rings is 2. The minimum atomic E-state index is -0.788. The van der Waals surface area contributed by atoms with Crippen molar-refractivity contribution >= 4 is 40.9 Å². The Balaban J connectivity index is 0.681. The minimum Gasteiger partial charge on any atom is -0.492 e. The van der Waals surface area contributed by atoms with Crippen LogP contribution in [0, 0.1) is 23.0 Å². The van der Waals surface area contributed by atoms with Crippen molar-refractivity contribution in [3.05, 3.63) is 113 Å². The first-order chi connectivity index (χ1) is 36.4. The first-order valence-corrected chi connectivity index (χ1v) is 26.0. The summed E-state index contributed by atoms with van der Waals surface area (Å²) in [7, 11) is 0. The fourth-order valence-electron chi connectivity index (χ4n) is 11.3. The number of carbonyl (C=O) groups excluding carboxylic acids is 5. The number of amides is 5. The van der Waals surface area contributed by atoms with E-state index in [1.807, 2.05) is 42.2 Å². The second-order valence-electron chi connectivity index (χ2n) is 20.2. The zero-order chi connectivity index (χ0) is 52.2. The van der Waals surface area contributed by atoms with E-state index in [9.17, 15) is 38.0 Å². The Morgan fingerprint density at radius 1 is 0.893 bits per heavy atom. The van der Waals surface area contributed by atoms with Gasteiger partial charge >= 0.3 is 0 Å². The summed E-state index contributed by atoms with van der Waals surface area (Å²) in [6.45, 7) is 10.1. The maximum absolute atomic E-state index is 14.9. The number of pyridine rings is 2. The molecule has 5 amide bonds. The van der Waals surface area contributed by atoms with Gasteiger partial charge < -0.3 is 29.5 Å². The third kappa shape index (κ3) is 11.2. The predicted molar refractivity (Wildman–Crippen MR) is 272 cm³/mol. The molecular weight excluding hydrogens is 965 g/mol. The molecule has 3 aromatic heterocycles. The SMILES string of the molecule is CCOc1cc(-c2ccc(N3CCC(CN4CCN(CCOCCC(=O)N5CCC(c6ccc7c(c6)C(=O)N(C6CCC(=O)NC6=O)C7)CC5)CC4)(NC(=O)c4cc(F)ccc4F)CC3)nc2)c2c(C#N)cnn2c1. The number of nitrogens with one attached hydrogen (secondary N) is 2. The van der Waals surface area contributed by atoms with Gasteiger partial charge in [-0.25, -0.2) is 18.3 Å². The Kier molecular flexibility index (Phi) is 15.2. The smallest absolute Gasteiger partial charge is 0.255 e. The molecule has 0 saturated carbocycles. The summed E-state index contributed by atoms with van der Waals surface area (Å²) in [6.07, 6.45) is 8.50. The Bertz CT molecular complexity index is 3010. The zero-order valence-electron chi connectivity index (χ0n) is 42.1. The molecule has 18 nitrogen and oxygen atoms in total. The Hall–Kier alpha value is -7.34. The molecule has 20 heteroatoms. The molecule has 0 radical (unpaired) electrons. The fraction of sp³-hybridized carbons (Fsp3) is 0.455. The average Bonchev–Trinajstić information content (AvgIpc) is 3.99. The quantitative estimate of drug-likeness (QED) is 0.100. The van der Waals surface area contributed by atoms with Crippen molar-refractivity contribution in [2.45, 2.75) is 75.9 Å². The highest BCUT2D eigenvalue weighted by atomic mass is 19.1. The van der Waals surface area contributed by atoms with Gasteiger partial charge in [-0.3, -0.25) is 39.1 Å². The van der Waals surface area contributed by atoms with Crippen LogP contribution in [0.2, 0.25) is 0 Å². The standard InChI is InChI=1S/C55H61F2N11O7/c1-2-75-42-29-43(51-40(30-58)32-60-68(51)34-42)38-5-9-48(59-31-38)65-18-14-55(15-19-65,62-52(71)45-28-41(56)6-7-46(45)57)35-64-22-20-63(21-23-64)24-26-74-25-13-50(70)66-16-11-36(12-17-66)37-3-4-39-33-67(54(73)44(39)27-37)47-8-10-49(69)61-53(47)72/h3-7,9,27-29,31-32,34,36,47H,2,8,10-26,33,35H2,1H3,(H,62,71)(H,61,69,72). The zero-order valence-corrected chi connectivity index (χ0v) is 42.1. The first-order valence-electron chi connectivity index (χ1n) is 26.0. The van der Waals surface area contributed by atoms with E-state index in [4.69, 9.17) is 14.5 Å². The molecule has 2 N–H and O–H groups in total. The number of halogens is 2. The molecule has 392 valence electrons. The molecule has 5 aliphatic heterocycles. The number of aromatic nitrogens is 3. The van der Waals surface area contributed by atoms with Crippen molar-refractivity contribution in [3.63, 3.8) is 0 Å². The van der Waals surface area contributed by atoms with Crippen LogP contribution < -0.4 is 20.3 Å². The van der Waals surface area contributed by atoms with Crippen molar-refractivity contribution in [3.8, 4) is 22.9 Å². The number of likely N-dealkylation sites (tertiary alicyclic amines) is 1. The molecule has 8 heterocycles. The highest BCUT2D eigenvalue weighted by Gasteiger charge is 2.41. The lowest BCUT2D eigenvalue weighted by Crippen LogP contribution is -2.62. The number of carbonyl (C=O) groups is 5.